The fourth-order valence-corrected chi connectivity index (χ4v) is 2.63. The molecule has 4 heteroatoms. The van der Waals surface area contributed by atoms with Gasteiger partial charge in [-0.15, -0.1) is 5.38 Å². The summed E-state index contributed by atoms with van der Waals surface area (Å²) >= 11 is 1.66. The molecule has 0 N–H and O–H groups in total. The first-order valence-electron chi connectivity index (χ1n) is 5.69. The molecule has 0 aliphatic rings. The van der Waals surface area contributed by atoms with Gasteiger partial charge in [-0.05, 0) is 30.8 Å². The zero-order chi connectivity index (χ0) is 12.5. The maximum atomic E-state index is 5.25. The summed E-state index contributed by atoms with van der Waals surface area (Å²) in [7, 11) is 1.68. The van der Waals surface area contributed by atoms with Gasteiger partial charge >= 0.3 is 0 Å². The van der Waals surface area contributed by atoms with E-state index in [1.807, 2.05) is 29.6 Å². The van der Waals surface area contributed by atoms with Gasteiger partial charge < -0.3 is 9.72 Å². The van der Waals surface area contributed by atoms with Gasteiger partial charge in [0.25, 0.3) is 0 Å². The first kappa shape index (κ1) is 14.2. The molecule has 0 saturated carbocycles. The number of nitrogens with zero attached hydrogens (tertiary/aromatic N) is 1. The predicted octanol–water partition coefficient (Wildman–Crippen LogP) is 4.08. The van der Waals surface area contributed by atoms with Crippen LogP contribution in [0.15, 0.2) is 35.7 Å². The first-order chi connectivity index (χ1) is 8.78. The number of thiophene rings is 1. The van der Waals surface area contributed by atoms with Crippen LogP contribution in [0.5, 0.6) is 5.75 Å². The van der Waals surface area contributed by atoms with Crippen LogP contribution in [0.4, 0.5) is 0 Å². The molecule has 0 fully saturated rings. The number of rotatable bonds is 2. The van der Waals surface area contributed by atoms with Crippen molar-refractivity contribution in [2.24, 2.45) is 0 Å². The van der Waals surface area contributed by atoms with Crippen molar-refractivity contribution in [1.29, 1.82) is 0 Å². The zero-order valence-electron chi connectivity index (χ0n) is 10.6. The topological polar surface area (TPSA) is 22.1 Å². The summed E-state index contributed by atoms with van der Waals surface area (Å²) in [5.41, 5.74) is 3.18. The van der Waals surface area contributed by atoms with Gasteiger partial charge in [0, 0.05) is 25.5 Å². The van der Waals surface area contributed by atoms with E-state index in [2.05, 4.69) is 24.0 Å². The average Bonchev–Trinajstić information content (AvgIpc) is 2.92. The van der Waals surface area contributed by atoms with Crippen LogP contribution in [0.3, 0.4) is 0 Å². The van der Waals surface area contributed by atoms with E-state index in [-0.39, 0.29) is 20.1 Å². The molecule has 0 bridgehead atoms. The predicted molar refractivity (Wildman–Crippen MR) is 75.2 cm³/mol. The summed E-state index contributed by atoms with van der Waals surface area (Å²) in [6.07, 6.45) is 0. The van der Waals surface area contributed by atoms with E-state index in [9.17, 15) is 0 Å². The van der Waals surface area contributed by atoms with Crippen molar-refractivity contribution in [3.8, 4) is 16.3 Å². The quantitative estimate of drug-likeness (QED) is 0.554. The molecule has 2 heterocycles. The maximum absolute atomic E-state index is 5.25. The Morgan fingerprint density at radius 2 is 2.11 bits per heavy atom. The molecule has 1 aromatic carbocycles. The van der Waals surface area contributed by atoms with Gasteiger partial charge in [0.1, 0.15) is 5.75 Å². The molecule has 0 saturated heterocycles. The van der Waals surface area contributed by atoms with Gasteiger partial charge in [-0.2, -0.15) is 12.1 Å². The van der Waals surface area contributed by atoms with Crippen LogP contribution in [-0.2, 0) is 20.1 Å². The third-order valence-electron chi connectivity index (χ3n) is 2.92. The standard InChI is InChI=1S/C15H12NOS.Ir/c1-10-8-14(15-4-3-7-18-15)16-13-6-5-11(17-2)9-12(10)13;/h3,5-9H,1-2H3;/q-1;. The Hall–Kier alpha value is -1.22. The van der Waals surface area contributed by atoms with Gasteiger partial charge in [-0.3, -0.25) is 0 Å². The monoisotopic (exact) mass is 447 g/mol. The maximum Gasteiger partial charge on any atom is 0.119 e. The second-order valence-corrected chi connectivity index (χ2v) is 5.02. The van der Waals surface area contributed by atoms with E-state index in [1.54, 1.807) is 18.4 Å². The van der Waals surface area contributed by atoms with E-state index >= 15 is 0 Å². The Labute approximate surface area is 129 Å². The van der Waals surface area contributed by atoms with Crippen LogP contribution in [-0.4, -0.2) is 12.1 Å². The number of benzene rings is 1. The third kappa shape index (κ3) is 2.71. The second-order valence-electron chi connectivity index (χ2n) is 4.10. The van der Waals surface area contributed by atoms with E-state index < -0.39 is 0 Å². The summed E-state index contributed by atoms with van der Waals surface area (Å²) in [6.45, 7) is 2.10. The molecule has 0 aliphatic heterocycles. The normalized spacial score (nSPS) is 10.2. The molecule has 2 aromatic heterocycles. The number of hydrogen-bond donors (Lipinski definition) is 0. The molecule has 3 aromatic rings. The molecule has 1 radical (unpaired) electrons. The minimum Gasteiger partial charge on any atom is -0.497 e. The van der Waals surface area contributed by atoms with Crippen LogP contribution in [0.2, 0.25) is 0 Å². The molecular formula is C15H12IrNOS-. The van der Waals surface area contributed by atoms with Gasteiger partial charge in [0.2, 0.25) is 0 Å². The van der Waals surface area contributed by atoms with Gasteiger partial charge in [0.15, 0.2) is 0 Å². The van der Waals surface area contributed by atoms with Crippen LogP contribution in [0.25, 0.3) is 21.5 Å². The van der Waals surface area contributed by atoms with Gasteiger partial charge in [-0.25, -0.2) is 11.3 Å². The fourth-order valence-electron chi connectivity index (χ4n) is 2.00. The molecule has 0 aliphatic carbocycles. The second kappa shape index (κ2) is 5.83. The number of aromatic nitrogens is 1. The Morgan fingerprint density at radius 3 is 2.79 bits per heavy atom. The number of aryl methyl sites for hydroxylation is 1. The minimum atomic E-state index is 0. The van der Waals surface area contributed by atoms with Crippen LogP contribution < -0.4 is 4.74 Å². The number of pyridine rings is 1. The summed E-state index contributed by atoms with van der Waals surface area (Å²) in [5.74, 6) is 0.864. The molecule has 0 spiro atoms. The smallest absolute Gasteiger partial charge is 0.119 e. The van der Waals surface area contributed by atoms with Crippen LogP contribution in [0, 0.1) is 13.0 Å². The van der Waals surface area contributed by atoms with Gasteiger partial charge in [0.05, 0.1) is 12.6 Å². The molecule has 2 nitrogen and oxygen atoms in total. The molecule has 0 atom stereocenters. The molecular weight excluding hydrogens is 434 g/mol. The zero-order valence-corrected chi connectivity index (χ0v) is 13.8. The first-order valence-corrected chi connectivity index (χ1v) is 6.57. The molecule has 0 unspecified atom stereocenters. The van der Waals surface area contributed by atoms with Crippen LogP contribution in [0.1, 0.15) is 5.56 Å². The largest absolute Gasteiger partial charge is 0.497 e. The Balaban J connectivity index is 0.00000133. The number of ether oxygens (including phenoxy) is 1. The van der Waals surface area contributed by atoms with E-state index in [0.29, 0.717) is 0 Å². The summed E-state index contributed by atoms with van der Waals surface area (Å²) in [5, 5.41) is 3.15. The van der Waals surface area contributed by atoms with Crippen molar-refractivity contribution >= 4 is 22.2 Å². The van der Waals surface area contributed by atoms with Crippen molar-refractivity contribution in [2.75, 3.05) is 7.11 Å². The van der Waals surface area contributed by atoms with Crippen molar-refractivity contribution in [3.05, 3.63) is 47.3 Å². The molecule has 3 rings (SSSR count). The summed E-state index contributed by atoms with van der Waals surface area (Å²) in [4.78, 5) is 5.76. The minimum absolute atomic E-state index is 0. The molecule has 19 heavy (non-hydrogen) atoms. The number of methoxy groups -OCH3 is 1. The SMILES string of the molecule is COc1ccc2nc(-c3[c-]ccs3)cc(C)c2c1.[Ir]. The summed E-state index contributed by atoms with van der Waals surface area (Å²) in [6, 6.07) is 13.2. The Morgan fingerprint density at radius 1 is 1.26 bits per heavy atom. The van der Waals surface area contributed by atoms with E-state index in [0.717, 1.165) is 27.2 Å². The van der Waals surface area contributed by atoms with Crippen molar-refractivity contribution in [2.45, 2.75) is 6.92 Å². The third-order valence-corrected chi connectivity index (χ3v) is 3.76. The van der Waals surface area contributed by atoms with Crippen molar-refractivity contribution in [3.63, 3.8) is 0 Å². The fraction of sp³-hybridized carbons (Fsp3) is 0.133. The van der Waals surface area contributed by atoms with E-state index in [1.165, 1.54) is 5.56 Å². The van der Waals surface area contributed by atoms with Gasteiger partial charge in [-0.1, -0.05) is 16.5 Å². The number of hydrogen-bond acceptors (Lipinski definition) is 3. The van der Waals surface area contributed by atoms with Crippen molar-refractivity contribution < 1.29 is 24.8 Å². The number of fused-ring (bicyclic) bond motifs is 1. The molecule has 99 valence electrons. The Bertz CT molecular complexity index is 695. The van der Waals surface area contributed by atoms with Crippen molar-refractivity contribution in [1.82, 2.24) is 4.98 Å². The van der Waals surface area contributed by atoms with E-state index in [4.69, 9.17) is 4.74 Å². The molecule has 0 amide bonds. The summed E-state index contributed by atoms with van der Waals surface area (Å²) < 4.78 is 5.25. The van der Waals surface area contributed by atoms with Crippen LogP contribution >= 0.6 is 11.3 Å². The average molecular weight is 447 g/mol. The Kier molecular flexibility index (Phi) is 4.35.